The van der Waals surface area contributed by atoms with Gasteiger partial charge in [0.15, 0.2) is 0 Å². The number of aromatic amines is 2. The lowest BCUT2D eigenvalue weighted by atomic mass is 10.1. The van der Waals surface area contributed by atoms with E-state index in [1.807, 2.05) is 6.07 Å². The Hall–Kier alpha value is -3.40. The highest BCUT2D eigenvalue weighted by Gasteiger charge is 2.10. The summed E-state index contributed by atoms with van der Waals surface area (Å²) in [6.07, 6.45) is 0. The molecule has 0 aliphatic carbocycles. The lowest BCUT2D eigenvalue weighted by Crippen LogP contribution is -2.38. The fourth-order valence-corrected chi connectivity index (χ4v) is 3.02. The van der Waals surface area contributed by atoms with Gasteiger partial charge in [-0.05, 0) is 29.8 Å². The van der Waals surface area contributed by atoms with Crippen LogP contribution < -0.4 is 27.1 Å². The predicted molar refractivity (Wildman–Crippen MR) is 108 cm³/mol. The Kier molecular flexibility index (Phi) is 5.90. The van der Waals surface area contributed by atoms with Crippen LogP contribution >= 0.6 is 15.9 Å². The molecule has 0 aliphatic heterocycles. The van der Waals surface area contributed by atoms with Crippen LogP contribution in [0.3, 0.4) is 0 Å². The molecule has 3 rings (SSSR count). The van der Waals surface area contributed by atoms with Crippen LogP contribution in [0.1, 0.15) is 5.56 Å². The van der Waals surface area contributed by atoms with Crippen LogP contribution in [0.15, 0.2) is 56.5 Å². The quantitative estimate of drug-likeness (QED) is 0.379. The summed E-state index contributed by atoms with van der Waals surface area (Å²) in [6.45, 7) is -0.128. The molecule has 2 aromatic carbocycles. The van der Waals surface area contributed by atoms with Gasteiger partial charge in [0.05, 0.1) is 17.6 Å². The van der Waals surface area contributed by atoms with Crippen molar-refractivity contribution in [1.29, 1.82) is 0 Å². The molecule has 0 bridgehead atoms. The lowest BCUT2D eigenvalue weighted by molar-refractivity contribution is -0.120. The number of benzene rings is 2. The number of aromatic nitrogens is 2. The van der Waals surface area contributed by atoms with Crippen molar-refractivity contribution in [2.45, 2.75) is 6.54 Å². The lowest BCUT2D eigenvalue weighted by Gasteiger charge is -2.10. The van der Waals surface area contributed by atoms with Crippen LogP contribution in [-0.4, -0.2) is 28.5 Å². The highest BCUT2D eigenvalue weighted by atomic mass is 79.9. The van der Waals surface area contributed by atoms with Gasteiger partial charge in [0.1, 0.15) is 0 Å². The second kappa shape index (κ2) is 8.53. The van der Waals surface area contributed by atoms with Crippen molar-refractivity contribution in [3.05, 3.63) is 73.2 Å². The van der Waals surface area contributed by atoms with Crippen LogP contribution in [0, 0.1) is 0 Å². The summed E-state index contributed by atoms with van der Waals surface area (Å²) in [6, 6.07) is 11.7. The van der Waals surface area contributed by atoms with Crippen molar-refractivity contribution in [3.8, 4) is 0 Å². The molecule has 1 aromatic heterocycles. The van der Waals surface area contributed by atoms with Gasteiger partial charge in [0.25, 0.3) is 0 Å². The number of urea groups is 1. The molecule has 1 heterocycles. The number of para-hydroxylation sites is 1. The maximum Gasteiger partial charge on any atom is 0.319 e. The highest BCUT2D eigenvalue weighted by Crippen LogP contribution is 2.20. The fraction of sp³-hybridized carbons (Fsp3) is 0.111. The Morgan fingerprint density at radius 2 is 1.68 bits per heavy atom. The second-order valence-corrected chi connectivity index (χ2v) is 6.76. The zero-order valence-corrected chi connectivity index (χ0v) is 16.1. The predicted octanol–water partition coefficient (Wildman–Crippen LogP) is 1.42. The van der Waals surface area contributed by atoms with Crippen LogP contribution in [0.4, 0.5) is 10.5 Å². The third kappa shape index (κ3) is 4.86. The smallest absolute Gasteiger partial charge is 0.319 e. The van der Waals surface area contributed by atoms with E-state index >= 15 is 0 Å². The summed E-state index contributed by atoms with van der Waals surface area (Å²) >= 11 is 3.32. The largest absolute Gasteiger partial charge is 0.350 e. The minimum absolute atomic E-state index is 0.0960. The first kappa shape index (κ1) is 19.4. The van der Waals surface area contributed by atoms with Gasteiger partial charge in [-0.1, -0.05) is 34.1 Å². The number of anilines is 1. The standard InChI is InChI=1S/C18H16BrN5O4/c19-11-6-10(15-13(7-11)23-16(26)17(27)24-15)8-20-14(25)9-21-18(28)22-12-4-2-1-3-5-12/h1-7H,8-9H2,(H,20,25)(H,23,26)(H,24,27)(H2,21,22,28). The van der Waals surface area contributed by atoms with Crippen molar-refractivity contribution >= 4 is 44.6 Å². The number of H-pyrrole nitrogens is 2. The van der Waals surface area contributed by atoms with Gasteiger partial charge in [0.2, 0.25) is 5.91 Å². The minimum Gasteiger partial charge on any atom is -0.350 e. The molecule has 0 fully saturated rings. The molecule has 3 amide bonds. The van der Waals surface area contributed by atoms with Crippen molar-refractivity contribution in [2.75, 3.05) is 11.9 Å². The number of hydrogen-bond donors (Lipinski definition) is 5. The van der Waals surface area contributed by atoms with Gasteiger partial charge in [0, 0.05) is 16.7 Å². The Morgan fingerprint density at radius 3 is 2.43 bits per heavy atom. The minimum atomic E-state index is -0.776. The number of amides is 3. The van der Waals surface area contributed by atoms with E-state index in [1.54, 1.807) is 36.4 Å². The van der Waals surface area contributed by atoms with E-state index in [0.717, 1.165) is 0 Å². The van der Waals surface area contributed by atoms with Crippen molar-refractivity contribution in [2.24, 2.45) is 0 Å². The first-order valence-electron chi connectivity index (χ1n) is 8.24. The van der Waals surface area contributed by atoms with E-state index < -0.39 is 23.1 Å². The molecule has 0 saturated heterocycles. The van der Waals surface area contributed by atoms with Gasteiger partial charge >= 0.3 is 17.1 Å². The van der Waals surface area contributed by atoms with Crippen LogP contribution in [0.2, 0.25) is 0 Å². The number of fused-ring (bicyclic) bond motifs is 1. The SMILES string of the molecule is O=C(CNC(=O)Nc1ccccc1)NCc1cc(Br)cc2[nH]c(=O)c(=O)[nH]c12. The number of carbonyl (C=O) groups is 2. The van der Waals surface area contributed by atoms with Crippen LogP contribution in [0.5, 0.6) is 0 Å². The summed E-state index contributed by atoms with van der Waals surface area (Å²) in [4.78, 5) is 51.9. The number of hydrogen-bond acceptors (Lipinski definition) is 4. The molecule has 10 heteroatoms. The Morgan fingerprint density at radius 1 is 0.964 bits per heavy atom. The van der Waals surface area contributed by atoms with E-state index in [9.17, 15) is 19.2 Å². The number of nitrogens with one attached hydrogen (secondary N) is 5. The molecule has 0 atom stereocenters. The molecule has 28 heavy (non-hydrogen) atoms. The average Bonchev–Trinajstić information content (AvgIpc) is 2.66. The molecule has 0 saturated carbocycles. The highest BCUT2D eigenvalue weighted by molar-refractivity contribution is 9.10. The van der Waals surface area contributed by atoms with Crippen molar-refractivity contribution in [3.63, 3.8) is 0 Å². The molecule has 0 spiro atoms. The van der Waals surface area contributed by atoms with E-state index in [4.69, 9.17) is 0 Å². The molecule has 0 aliphatic rings. The molecule has 5 N–H and O–H groups in total. The monoisotopic (exact) mass is 445 g/mol. The zero-order chi connectivity index (χ0) is 20.1. The van der Waals surface area contributed by atoms with Gasteiger partial charge in [-0.3, -0.25) is 14.4 Å². The number of carbonyl (C=O) groups excluding carboxylic acids is 2. The van der Waals surface area contributed by atoms with E-state index in [2.05, 4.69) is 41.8 Å². The van der Waals surface area contributed by atoms with Gasteiger partial charge < -0.3 is 25.9 Å². The second-order valence-electron chi connectivity index (χ2n) is 5.85. The normalized spacial score (nSPS) is 10.5. The molecule has 0 unspecified atom stereocenters. The Balaban J connectivity index is 1.60. The molecule has 0 radical (unpaired) electrons. The molecule has 3 aromatic rings. The summed E-state index contributed by atoms with van der Waals surface area (Å²) < 4.78 is 0.673. The summed E-state index contributed by atoms with van der Waals surface area (Å²) in [7, 11) is 0. The van der Waals surface area contributed by atoms with Gasteiger partial charge in [-0.15, -0.1) is 0 Å². The summed E-state index contributed by atoms with van der Waals surface area (Å²) in [5.41, 5.74) is 0.529. The zero-order valence-electron chi connectivity index (χ0n) is 14.5. The van der Waals surface area contributed by atoms with Gasteiger partial charge in [-0.25, -0.2) is 4.79 Å². The van der Waals surface area contributed by atoms with Crippen LogP contribution in [0.25, 0.3) is 11.0 Å². The maximum absolute atomic E-state index is 12.0. The first-order valence-corrected chi connectivity index (χ1v) is 9.03. The molecular formula is C18H16BrN5O4. The Bertz CT molecular complexity index is 1140. The Labute approximate surface area is 166 Å². The average molecular weight is 446 g/mol. The van der Waals surface area contributed by atoms with Gasteiger partial charge in [-0.2, -0.15) is 0 Å². The summed E-state index contributed by atoms with van der Waals surface area (Å²) in [5, 5.41) is 7.72. The molecule has 144 valence electrons. The van der Waals surface area contributed by atoms with E-state index in [-0.39, 0.29) is 13.1 Å². The fourth-order valence-electron chi connectivity index (χ4n) is 2.51. The number of rotatable bonds is 5. The maximum atomic E-state index is 12.0. The topological polar surface area (TPSA) is 136 Å². The van der Waals surface area contributed by atoms with E-state index in [0.29, 0.717) is 26.8 Å². The van der Waals surface area contributed by atoms with E-state index in [1.165, 1.54) is 0 Å². The third-order valence-corrected chi connectivity index (χ3v) is 4.25. The number of halogens is 1. The van der Waals surface area contributed by atoms with Crippen molar-refractivity contribution in [1.82, 2.24) is 20.6 Å². The molecular weight excluding hydrogens is 430 g/mol. The van der Waals surface area contributed by atoms with Crippen molar-refractivity contribution < 1.29 is 9.59 Å². The van der Waals surface area contributed by atoms with Crippen LogP contribution in [-0.2, 0) is 11.3 Å². The molecule has 9 nitrogen and oxygen atoms in total. The first-order chi connectivity index (χ1) is 13.4. The summed E-state index contributed by atoms with van der Waals surface area (Å²) in [5.74, 6) is -0.414. The third-order valence-electron chi connectivity index (χ3n) is 3.79.